The Morgan fingerprint density at radius 3 is 2.57 bits per heavy atom. The molecule has 0 radical (unpaired) electrons. The molecule has 5 nitrogen and oxygen atoms in total. The molecule has 110 valence electrons. The Bertz CT molecular complexity index is 759. The number of pyridine rings is 1. The molecule has 3 rings (SSSR count). The van der Waals surface area contributed by atoms with Gasteiger partial charge in [0.2, 0.25) is 4.96 Å². The molecule has 0 unspecified atom stereocenters. The molecule has 0 aliphatic heterocycles. The normalized spacial score (nSPS) is 12.2. The number of rotatable bonds is 3. The number of aromatic nitrogens is 5. The Kier molecular flexibility index (Phi) is 3.36. The average Bonchev–Trinajstić information content (AvgIpc) is 2.98. The molecule has 0 saturated carbocycles. The zero-order chi connectivity index (χ0) is 15.0. The van der Waals surface area contributed by atoms with Gasteiger partial charge in [0, 0.05) is 24.1 Å². The smallest absolute Gasteiger partial charge is 0.205 e. The van der Waals surface area contributed by atoms with Crippen LogP contribution >= 0.6 is 11.3 Å². The fourth-order valence-corrected chi connectivity index (χ4v) is 2.76. The van der Waals surface area contributed by atoms with Crippen LogP contribution in [0.25, 0.3) is 15.5 Å². The van der Waals surface area contributed by atoms with Gasteiger partial charge in [0.1, 0.15) is 11.6 Å². The highest BCUT2D eigenvalue weighted by Gasteiger charge is 2.38. The molecule has 0 atom stereocenters. The third-order valence-electron chi connectivity index (χ3n) is 2.86. The van der Waals surface area contributed by atoms with Crippen molar-refractivity contribution in [3.63, 3.8) is 0 Å². The van der Waals surface area contributed by atoms with E-state index >= 15 is 0 Å². The first kappa shape index (κ1) is 13.9. The molecule has 9 heteroatoms. The standard InChI is InChI=1S/C12H11F3N5S/c1-2-5-19-6-3-8(4-7-19)9-18-20-10(12(13,14)15)16-17-11(20)21-9/h3-4,6-7H,2,5H2,1H3/q+1. The van der Waals surface area contributed by atoms with Crippen LogP contribution < -0.4 is 4.57 Å². The lowest BCUT2D eigenvalue weighted by atomic mass is 10.3. The maximum atomic E-state index is 12.7. The maximum absolute atomic E-state index is 12.7. The van der Waals surface area contributed by atoms with Crippen LogP contribution in [0.1, 0.15) is 19.2 Å². The summed E-state index contributed by atoms with van der Waals surface area (Å²) in [4.78, 5) is 0.127. The largest absolute Gasteiger partial charge is 0.453 e. The first-order valence-electron chi connectivity index (χ1n) is 6.28. The van der Waals surface area contributed by atoms with E-state index in [0.717, 1.165) is 34.4 Å². The van der Waals surface area contributed by atoms with Crippen molar-refractivity contribution >= 4 is 16.3 Å². The van der Waals surface area contributed by atoms with Crippen molar-refractivity contribution in [2.75, 3.05) is 0 Å². The highest BCUT2D eigenvalue weighted by atomic mass is 32.1. The topological polar surface area (TPSA) is 47.0 Å². The summed E-state index contributed by atoms with van der Waals surface area (Å²) in [5.74, 6) is -1.10. The van der Waals surface area contributed by atoms with Crippen LogP contribution in [0.2, 0.25) is 0 Å². The summed E-state index contributed by atoms with van der Waals surface area (Å²) in [5, 5.41) is 11.1. The van der Waals surface area contributed by atoms with Gasteiger partial charge < -0.3 is 0 Å². The van der Waals surface area contributed by atoms with E-state index in [9.17, 15) is 13.2 Å². The summed E-state index contributed by atoms with van der Waals surface area (Å²) >= 11 is 1.08. The number of fused-ring (bicyclic) bond motifs is 1. The van der Waals surface area contributed by atoms with Gasteiger partial charge in [-0.1, -0.05) is 18.3 Å². The van der Waals surface area contributed by atoms with Crippen molar-refractivity contribution in [3.8, 4) is 10.6 Å². The number of aryl methyl sites for hydroxylation is 1. The van der Waals surface area contributed by atoms with E-state index in [-0.39, 0.29) is 4.96 Å². The molecular formula is C12H11F3N5S+. The molecular weight excluding hydrogens is 303 g/mol. The van der Waals surface area contributed by atoms with Crippen LogP contribution in [0.5, 0.6) is 0 Å². The molecule has 0 fully saturated rings. The predicted molar refractivity (Wildman–Crippen MR) is 69.6 cm³/mol. The molecule has 0 bridgehead atoms. The van der Waals surface area contributed by atoms with Crippen LogP contribution in [0.3, 0.4) is 0 Å². The van der Waals surface area contributed by atoms with Crippen LogP contribution in [0.4, 0.5) is 13.2 Å². The van der Waals surface area contributed by atoms with Gasteiger partial charge >= 0.3 is 6.18 Å². The molecule has 0 N–H and O–H groups in total. The van der Waals surface area contributed by atoms with Gasteiger partial charge in [0.25, 0.3) is 5.82 Å². The monoisotopic (exact) mass is 314 g/mol. The highest BCUT2D eigenvalue weighted by molar-refractivity contribution is 7.19. The lowest BCUT2D eigenvalue weighted by molar-refractivity contribution is -0.696. The minimum absolute atomic E-state index is 0.127. The molecule has 0 spiro atoms. The van der Waals surface area contributed by atoms with Gasteiger partial charge in [-0.05, 0) is 0 Å². The van der Waals surface area contributed by atoms with Gasteiger partial charge in [-0.25, -0.2) is 4.57 Å². The molecule has 0 amide bonds. The molecule has 0 aliphatic rings. The van der Waals surface area contributed by atoms with E-state index in [2.05, 4.69) is 22.2 Å². The van der Waals surface area contributed by atoms with Crippen LogP contribution in [0, 0.1) is 0 Å². The van der Waals surface area contributed by atoms with E-state index in [1.54, 1.807) is 0 Å². The fourth-order valence-electron chi connectivity index (χ4n) is 1.92. The van der Waals surface area contributed by atoms with Crippen LogP contribution in [-0.4, -0.2) is 19.8 Å². The first-order chi connectivity index (χ1) is 9.99. The quantitative estimate of drug-likeness (QED) is 0.698. The molecule has 0 saturated heterocycles. The highest BCUT2D eigenvalue weighted by Crippen LogP contribution is 2.31. The Morgan fingerprint density at radius 2 is 1.95 bits per heavy atom. The minimum atomic E-state index is -4.56. The van der Waals surface area contributed by atoms with Crippen molar-refractivity contribution in [2.24, 2.45) is 0 Å². The number of nitrogens with zero attached hydrogens (tertiary/aromatic N) is 5. The van der Waals surface area contributed by atoms with Crippen molar-refractivity contribution in [1.29, 1.82) is 0 Å². The first-order valence-corrected chi connectivity index (χ1v) is 7.09. The Labute approximate surface area is 121 Å². The second-order valence-corrected chi connectivity index (χ2v) is 5.40. The molecule has 21 heavy (non-hydrogen) atoms. The number of hydrogen-bond donors (Lipinski definition) is 0. The van der Waals surface area contributed by atoms with E-state index in [4.69, 9.17) is 0 Å². The van der Waals surface area contributed by atoms with Gasteiger partial charge in [-0.2, -0.15) is 22.8 Å². The number of halogens is 3. The second-order valence-electron chi connectivity index (χ2n) is 4.45. The third-order valence-corrected chi connectivity index (χ3v) is 3.81. The van der Waals surface area contributed by atoms with Crippen LogP contribution in [-0.2, 0) is 12.7 Å². The molecule has 0 aromatic carbocycles. The minimum Gasteiger partial charge on any atom is -0.205 e. The van der Waals surface area contributed by atoms with Gasteiger partial charge in [-0.15, -0.1) is 10.2 Å². The Morgan fingerprint density at radius 1 is 1.24 bits per heavy atom. The Balaban J connectivity index is 1.99. The van der Waals surface area contributed by atoms with Crippen molar-refractivity contribution in [1.82, 2.24) is 19.8 Å². The van der Waals surface area contributed by atoms with Crippen molar-refractivity contribution < 1.29 is 17.7 Å². The zero-order valence-corrected chi connectivity index (χ0v) is 11.8. The van der Waals surface area contributed by atoms with E-state index < -0.39 is 12.0 Å². The van der Waals surface area contributed by atoms with Gasteiger partial charge in [0.05, 0.1) is 0 Å². The maximum Gasteiger partial charge on any atom is 0.453 e. The van der Waals surface area contributed by atoms with E-state index in [1.165, 1.54) is 0 Å². The van der Waals surface area contributed by atoms with E-state index in [1.807, 2.05) is 29.1 Å². The SMILES string of the molecule is CCC[n+]1ccc(-c2nn3c(C(F)(F)F)nnc3s2)cc1. The predicted octanol–water partition coefficient (Wildman–Crippen LogP) is 2.57. The number of hydrogen-bond acceptors (Lipinski definition) is 4. The summed E-state index contributed by atoms with van der Waals surface area (Å²) in [6.07, 6.45) is 0.207. The molecule has 3 aromatic heterocycles. The van der Waals surface area contributed by atoms with Crippen molar-refractivity contribution in [3.05, 3.63) is 30.4 Å². The molecule has 0 aliphatic carbocycles. The molecule has 3 heterocycles. The van der Waals surface area contributed by atoms with Crippen LogP contribution in [0.15, 0.2) is 24.5 Å². The summed E-state index contributed by atoms with van der Waals surface area (Å²) in [6.45, 7) is 2.96. The fraction of sp³-hybridized carbons (Fsp3) is 0.333. The summed E-state index contributed by atoms with van der Waals surface area (Å²) in [5.41, 5.74) is 0.756. The van der Waals surface area contributed by atoms with Gasteiger partial charge in [-0.3, -0.25) is 0 Å². The van der Waals surface area contributed by atoms with Gasteiger partial charge in [0.15, 0.2) is 12.4 Å². The molecule has 3 aromatic rings. The summed E-state index contributed by atoms with van der Waals surface area (Å²) < 4.78 is 41.0. The Hall–Kier alpha value is -2.03. The number of alkyl halides is 3. The third kappa shape index (κ3) is 2.60. The average molecular weight is 314 g/mol. The van der Waals surface area contributed by atoms with E-state index in [0.29, 0.717) is 5.01 Å². The second kappa shape index (κ2) is 5.06. The zero-order valence-electron chi connectivity index (χ0n) is 11.0. The van der Waals surface area contributed by atoms with Crippen molar-refractivity contribution in [2.45, 2.75) is 26.1 Å². The lowest BCUT2D eigenvalue weighted by Gasteiger charge is -2.00. The summed E-state index contributed by atoms with van der Waals surface area (Å²) in [7, 11) is 0. The summed E-state index contributed by atoms with van der Waals surface area (Å²) in [6, 6.07) is 3.66. The lowest BCUT2D eigenvalue weighted by Crippen LogP contribution is -2.31.